The molecule has 1 heterocycles. The minimum absolute atomic E-state index is 0.0139. The number of amides is 1. The molecule has 1 aliphatic heterocycles. The lowest BCUT2D eigenvalue weighted by Crippen LogP contribution is -2.43. The highest BCUT2D eigenvalue weighted by Gasteiger charge is 2.28. The Bertz CT molecular complexity index is 454. The van der Waals surface area contributed by atoms with Gasteiger partial charge in [-0.3, -0.25) is 4.79 Å². The van der Waals surface area contributed by atoms with Crippen molar-refractivity contribution in [1.82, 2.24) is 10.6 Å². The molecule has 0 aromatic heterocycles. The SMILES string of the molecule is CO[C@H]1CNCC1NC(=O)c1ccc(Cl)cc1Cl. The highest BCUT2D eigenvalue weighted by Crippen LogP contribution is 2.21. The molecule has 1 aliphatic rings. The van der Waals surface area contributed by atoms with E-state index in [0.29, 0.717) is 22.2 Å². The van der Waals surface area contributed by atoms with E-state index in [4.69, 9.17) is 27.9 Å². The van der Waals surface area contributed by atoms with Crippen LogP contribution >= 0.6 is 23.2 Å². The van der Waals surface area contributed by atoms with Crippen molar-refractivity contribution in [3.05, 3.63) is 33.8 Å². The third-order valence-corrected chi connectivity index (χ3v) is 3.50. The molecule has 1 saturated heterocycles. The second kappa shape index (κ2) is 5.89. The molecule has 18 heavy (non-hydrogen) atoms. The van der Waals surface area contributed by atoms with Gasteiger partial charge in [0.2, 0.25) is 0 Å². The molecule has 2 rings (SSSR count). The number of carbonyl (C=O) groups excluding carboxylic acids is 1. The zero-order valence-corrected chi connectivity index (χ0v) is 11.4. The molecule has 1 unspecified atom stereocenters. The molecule has 1 aromatic rings. The van der Waals surface area contributed by atoms with E-state index < -0.39 is 0 Å². The molecular weight excluding hydrogens is 275 g/mol. The molecule has 2 N–H and O–H groups in total. The molecule has 0 saturated carbocycles. The minimum atomic E-state index is -0.215. The Morgan fingerprint density at radius 3 is 2.89 bits per heavy atom. The maximum absolute atomic E-state index is 12.1. The molecule has 0 radical (unpaired) electrons. The van der Waals surface area contributed by atoms with Crippen molar-refractivity contribution in [2.45, 2.75) is 12.1 Å². The largest absolute Gasteiger partial charge is 0.378 e. The number of hydrogen-bond acceptors (Lipinski definition) is 3. The van der Waals surface area contributed by atoms with Crippen LogP contribution in [0.15, 0.2) is 18.2 Å². The first-order valence-electron chi connectivity index (χ1n) is 5.61. The van der Waals surface area contributed by atoms with Gasteiger partial charge in [-0.2, -0.15) is 0 Å². The van der Waals surface area contributed by atoms with Crippen LogP contribution in [-0.4, -0.2) is 38.3 Å². The van der Waals surface area contributed by atoms with Crippen LogP contribution in [0.5, 0.6) is 0 Å². The number of halogens is 2. The lowest BCUT2D eigenvalue weighted by molar-refractivity contribution is 0.0780. The van der Waals surface area contributed by atoms with Gasteiger partial charge in [0.05, 0.1) is 22.7 Å². The topological polar surface area (TPSA) is 50.4 Å². The number of ether oxygens (including phenoxy) is 1. The third kappa shape index (κ3) is 2.95. The van der Waals surface area contributed by atoms with Gasteiger partial charge in [-0.25, -0.2) is 0 Å². The first-order valence-corrected chi connectivity index (χ1v) is 6.37. The van der Waals surface area contributed by atoms with Gasteiger partial charge in [-0.05, 0) is 18.2 Å². The smallest absolute Gasteiger partial charge is 0.253 e. The molecule has 1 fully saturated rings. The van der Waals surface area contributed by atoms with Crippen molar-refractivity contribution >= 4 is 29.1 Å². The predicted molar refractivity (Wildman–Crippen MR) is 71.4 cm³/mol. The van der Waals surface area contributed by atoms with Crippen LogP contribution in [0.1, 0.15) is 10.4 Å². The van der Waals surface area contributed by atoms with Crippen molar-refractivity contribution in [3.63, 3.8) is 0 Å². The molecule has 1 amide bonds. The Labute approximate surface area is 116 Å². The monoisotopic (exact) mass is 288 g/mol. The number of benzene rings is 1. The molecule has 1 aromatic carbocycles. The maximum Gasteiger partial charge on any atom is 0.253 e. The van der Waals surface area contributed by atoms with Crippen molar-refractivity contribution < 1.29 is 9.53 Å². The van der Waals surface area contributed by atoms with Crippen molar-refractivity contribution in [2.24, 2.45) is 0 Å². The van der Waals surface area contributed by atoms with Gasteiger partial charge in [0.1, 0.15) is 0 Å². The summed E-state index contributed by atoms with van der Waals surface area (Å²) in [4.78, 5) is 12.1. The molecule has 0 spiro atoms. The summed E-state index contributed by atoms with van der Waals surface area (Å²) in [6, 6.07) is 4.76. The molecule has 2 atom stereocenters. The number of carbonyl (C=O) groups is 1. The van der Waals surface area contributed by atoms with E-state index in [2.05, 4.69) is 10.6 Å². The van der Waals surface area contributed by atoms with E-state index in [1.807, 2.05) is 0 Å². The normalized spacial score (nSPS) is 23.1. The van der Waals surface area contributed by atoms with E-state index in [1.54, 1.807) is 25.3 Å². The van der Waals surface area contributed by atoms with Crippen LogP contribution in [-0.2, 0) is 4.74 Å². The van der Waals surface area contributed by atoms with Crippen LogP contribution in [0.3, 0.4) is 0 Å². The van der Waals surface area contributed by atoms with E-state index >= 15 is 0 Å². The second-order valence-corrected chi connectivity index (χ2v) is 4.98. The minimum Gasteiger partial charge on any atom is -0.378 e. The Balaban J connectivity index is 2.07. The van der Waals surface area contributed by atoms with E-state index in [1.165, 1.54) is 0 Å². The maximum atomic E-state index is 12.1. The summed E-state index contributed by atoms with van der Waals surface area (Å²) in [5, 5.41) is 6.92. The van der Waals surface area contributed by atoms with E-state index in [-0.39, 0.29) is 18.1 Å². The summed E-state index contributed by atoms with van der Waals surface area (Å²) in [6.45, 7) is 1.42. The average Bonchev–Trinajstić information content (AvgIpc) is 2.76. The standard InChI is InChI=1S/C12H14Cl2N2O2/c1-18-11-6-15-5-10(11)16-12(17)8-3-2-7(13)4-9(8)14/h2-4,10-11,15H,5-6H2,1H3,(H,16,17)/t10?,11-/m0/s1. The number of hydrogen-bond donors (Lipinski definition) is 2. The Morgan fingerprint density at radius 1 is 1.44 bits per heavy atom. The van der Waals surface area contributed by atoms with Gasteiger partial charge in [-0.1, -0.05) is 23.2 Å². The summed E-state index contributed by atoms with van der Waals surface area (Å²) in [5.41, 5.74) is 0.419. The average molecular weight is 289 g/mol. The second-order valence-electron chi connectivity index (χ2n) is 4.14. The molecule has 98 valence electrons. The molecule has 6 heteroatoms. The molecule has 4 nitrogen and oxygen atoms in total. The fraction of sp³-hybridized carbons (Fsp3) is 0.417. The third-order valence-electron chi connectivity index (χ3n) is 2.95. The zero-order valence-electron chi connectivity index (χ0n) is 9.87. The van der Waals surface area contributed by atoms with Crippen LogP contribution < -0.4 is 10.6 Å². The lowest BCUT2D eigenvalue weighted by Gasteiger charge is -2.18. The summed E-state index contributed by atoms with van der Waals surface area (Å²) in [6.07, 6.45) is -0.0139. The molecular formula is C12H14Cl2N2O2. The van der Waals surface area contributed by atoms with Gasteiger partial charge in [-0.15, -0.1) is 0 Å². The van der Waals surface area contributed by atoms with Crippen molar-refractivity contribution in [3.8, 4) is 0 Å². The zero-order chi connectivity index (χ0) is 13.1. The van der Waals surface area contributed by atoms with Gasteiger partial charge < -0.3 is 15.4 Å². The molecule has 0 aliphatic carbocycles. The summed E-state index contributed by atoms with van der Waals surface area (Å²) in [7, 11) is 1.63. The fourth-order valence-corrected chi connectivity index (χ4v) is 2.46. The number of nitrogens with one attached hydrogen (secondary N) is 2. The number of rotatable bonds is 3. The lowest BCUT2D eigenvalue weighted by atomic mass is 10.1. The Morgan fingerprint density at radius 2 is 2.22 bits per heavy atom. The van der Waals surface area contributed by atoms with Crippen LogP contribution in [0.4, 0.5) is 0 Å². The summed E-state index contributed by atoms with van der Waals surface area (Å²) >= 11 is 11.8. The van der Waals surface area contributed by atoms with Crippen LogP contribution in [0.2, 0.25) is 10.0 Å². The quantitative estimate of drug-likeness (QED) is 0.890. The van der Waals surface area contributed by atoms with Gasteiger partial charge in [0, 0.05) is 25.2 Å². The Hall–Kier alpha value is -0.810. The summed E-state index contributed by atoms with van der Waals surface area (Å²) in [5.74, 6) is -0.215. The van der Waals surface area contributed by atoms with Gasteiger partial charge in [0.25, 0.3) is 5.91 Å². The first-order chi connectivity index (χ1) is 8.61. The van der Waals surface area contributed by atoms with E-state index in [0.717, 1.165) is 6.54 Å². The van der Waals surface area contributed by atoms with Gasteiger partial charge >= 0.3 is 0 Å². The molecule has 0 bridgehead atoms. The fourth-order valence-electron chi connectivity index (χ4n) is 1.97. The Kier molecular flexibility index (Phi) is 4.45. The van der Waals surface area contributed by atoms with Crippen molar-refractivity contribution in [1.29, 1.82) is 0 Å². The summed E-state index contributed by atoms with van der Waals surface area (Å²) < 4.78 is 5.28. The van der Waals surface area contributed by atoms with E-state index in [9.17, 15) is 4.79 Å². The number of methoxy groups -OCH3 is 1. The highest BCUT2D eigenvalue weighted by molar-refractivity contribution is 6.36. The van der Waals surface area contributed by atoms with Crippen LogP contribution in [0, 0.1) is 0 Å². The van der Waals surface area contributed by atoms with Crippen molar-refractivity contribution in [2.75, 3.05) is 20.2 Å². The first kappa shape index (κ1) is 13.6. The van der Waals surface area contributed by atoms with Crippen LogP contribution in [0.25, 0.3) is 0 Å². The highest BCUT2D eigenvalue weighted by atomic mass is 35.5. The predicted octanol–water partition coefficient (Wildman–Crippen LogP) is 1.71. The van der Waals surface area contributed by atoms with Gasteiger partial charge in [0.15, 0.2) is 0 Å².